The van der Waals surface area contributed by atoms with Gasteiger partial charge in [0.1, 0.15) is 6.10 Å². The molecule has 1 aliphatic carbocycles. The largest absolute Gasteiger partial charge is 0.385 e. The maximum Gasteiger partial charge on any atom is 0.251 e. The van der Waals surface area contributed by atoms with Crippen molar-refractivity contribution in [1.82, 2.24) is 0 Å². The van der Waals surface area contributed by atoms with Crippen molar-refractivity contribution in [2.24, 2.45) is 0 Å². The Balaban J connectivity index is 1.53. The van der Waals surface area contributed by atoms with E-state index < -0.39 is 12.0 Å². The lowest BCUT2D eigenvalue weighted by Crippen LogP contribution is -2.23. The normalized spacial score (nSPS) is 17.2. The number of halogens is 2. The number of rotatable bonds is 7. The van der Waals surface area contributed by atoms with Gasteiger partial charge < -0.3 is 5.11 Å². The zero-order valence-corrected chi connectivity index (χ0v) is 15.2. The first kappa shape index (κ1) is 19.4. The summed E-state index contributed by atoms with van der Waals surface area (Å²) in [5.41, 5.74) is 3.81. The smallest absolute Gasteiger partial charge is 0.251 e. The number of aliphatic hydroxyl groups is 1. The van der Waals surface area contributed by atoms with Crippen molar-refractivity contribution in [2.45, 2.75) is 50.6 Å². The number of hydrogen-bond donors (Lipinski definition) is 1. The van der Waals surface area contributed by atoms with Crippen molar-refractivity contribution in [3.05, 3.63) is 77.4 Å². The third-order valence-electron chi connectivity index (χ3n) is 5.04. The van der Waals surface area contributed by atoms with Crippen LogP contribution in [-0.2, 0) is 17.6 Å². The first-order valence-corrected chi connectivity index (χ1v) is 9.34. The van der Waals surface area contributed by atoms with Crippen molar-refractivity contribution in [3.8, 4) is 0 Å². The Kier molecular flexibility index (Phi) is 6.17. The third kappa shape index (κ3) is 5.57. The zero-order chi connectivity index (χ0) is 19.3. The van der Waals surface area contributed by atoms with Crippen LogP contribution in [0.5, 0.6) is 0 Å². The van der Waals surface area contributed by atoms with Crippen LogP contribution >= 0.6 is 0 Å². The topological polar surface area (TPSA) is 37.3 Å². The van der Waals surface area contributed by atoms with Gasteiger partial charge in [-0.3, -0.25) is 4.79 Å². The second kappa shape index (κ2) is 8.57. The highest BCUT2D eigenvalue weighted by Crippen LogP contribution is 2.36. The van der Waals surface area contributed by atoms with Crippen LogP contribution in [0.2, 0.25) is 0 Å². The monoisotopic (exact) mass is 370 g/mol. The Bertz CT molecular complexity index is 795. The molecule has 3 rings (SSSR count). The highest BCUT2D eigenvalue weighted by molar-refractivity contribution is 5.83. The van der Waals surface area contributed by atoms with E-state index in [-0.39, 0.29) is 25.0 Å². The lowest BCUT2D eigenvalue weighted by Gasteiger charge is -2.21. The van der Waals surface area contributed by atoms with Gasteiger partial charge in [-0.15, -0.1) is 0 Å². The molecule has 0 bridgehead atoms. The van der Waals surface area contributed by atoms with Crippen molar-refractivity contribution < 1.29 is 18.7 Å². The molecule has 0 aromatic heterocycles. The predicted octanol–water partition coefficient (Wildman–Crippen LogP) is 4.99. The quantitative estimate of drug-likeness (QED) is 0.745. The highest BCUT2D eigenvalue weighted by Gasteiger charge is 2.30. The summed E-state index contributed by atoms with van der Waals surface area (Å²) < 4.78 is 26.5. The minimum Gasteiger partial charge on any atom is -0.385 e. The average molecular weight is 370 g/mol. The van der Waals surface area contributed by atoms with Gasteiger partial charge in [0.25, 0.3) is 5.92 Å². The third-order valence-corrected chi connectivity index (χ3v) is 5.04. The molecule has 1 atom stereocenters. The van der Waals surface area contributed by atoms with E-state index in [0.717, 1.165) is 22.3 Å². The molecular formula is C23H24F2O2. The van der Waals surface area contributed by atoms with Crippen molar-refractivity contribution in [2.75, 3.05) is 0 Å². The molecule has 0 saturated carbocycles. The molecular weight excluding hydrogens is 346 g/mol. The lowest BCUT2D eigenvalue weighted by atomic mass is 9.90. The maximum absolute atomic E-state index is 13.2. The SMILES string of the molecule is O=C(CCc1ccccc1)[C@H](O)Cc1ccc(C2=CCC(F)(F)CC2)cc1. The van der Waals surface area contributed by atoms with Crippen molar-refractivity contribution in [3.63, 3.8) is 0 Å². The molecule has 27 heavy (non-hydrogen) atoms. The molecule has 2 aromatic rings. The molecule has 1 N–H and O–H groups in total. The van der Waals surface area contributed by atoms with Crippen LogP contribution in [0.25, 0.3) is 5.57 Å². The van der Waals surface area contributed by atoms with E-state index >= 15 is 0 Å². The van der Waals surface area contributed by atoms with Gasteiger partial charge in [-0.25, -0.2) is 8.78 Å². The maximum atomic E-state index is 13.2. The van der Waals surface area contributed by atoms with Crippen LogP contribution in [0.1, 0.15) is 42.4 Å². The molecule has 0 spiro atoms. The standard InChI is InChI=1S/C23H24F2O2/c24-23(25)14-12-20(13-15-23)19-9-6-18(7-10-19)16-22(27)21(26)11-8-17-4-2-1-3-5-17/h1-7,9-10,12,22,27H,8,11,13-16H2/t22-/m1/s1. The Morgan fingerprint density at radius 1 is 1.04 bits per heavy atom. The minimum atomic E-state index is -2.59. The molecule has 142 valence electrons. The van der Waals surface area contributed by atoms with Crippen molar-refractivity contribution >= 4 is 11.4 Å². The van der Waals surface area contributed by atoms with Crippen LogP contribution in [0, 0.1) is 0 Å². The number of alkyl halides is 2. The summed E-state index contributed by atoms with van der Waals surface area (Å²) in [6, 6.07) is 17.2. The number of carbonyl (C=O) groups excluding carboxylic acids is 1. The van der Waals surface area contributed by atoms with Crippen LogP contribution < -0.4 is 0 Å². The van der Waals surface area contributed by atoms with Crippen LogP contribution in [-0.4, -0.2) is 22.9 Å². The van der Waals surface area contributed by atoms with Gasteiger partial charge in [0.05, 0.1) is 0 Å². The van der Waals surface area contributed by atoms with Gasteiger partial charge in [0.15, 0.2) is 5.78 Å². The van der Waals surface area contributed by atoms with Crippen LogP contribution in [0.15, 0.2) is 60.7 Å². The van der Waals surface area contributed by atoms with Gasteiger partial charge in [-0.1, -0.05) is 60.7 Å². The van der Waals surface area contributed by atoms with Gasteiger partial charge >= 0.3 is 0 Å². The molecule has 0 amide bonds. The number of aryl methyl sites for hydroxylation is 1. The summed E-state index contributed by atoms with van der Waals surface area (Å²) >= 11 is 0. The molecule has 2 aromatic carbocycles. The fraction of sp³-hybridized carbons (Fsp3) is 0.348. The Morgan fingerprint density at radius 2 is 1.74 bits per heavy atom. The number of aliphatic hydroxyl groups excluding tert-OH is 1. The second-order valence-corrected chi connectivity index (χ2v) is 7.16. The number of ketones is 1. The summed E-state index contributed by atoms with van der Waals surface area (Å²) in [6.45, 7) is 0. The molecule has 0 unspecified atom stereocenters. The average Bonchev–Trinajstić information content (AvgIpc) is 2.67. The Morgan fingerprint density at radius 3 is 2.37 bits per heavy atom. The van der Waals surface area contributed by atoms with E-state index in [0.29, 0.717) is 19.3 Å². The predicted molar refractivity (Wildman–Crippen MR) is 103 cm³/mol. The summed E-state index contributed by atoms with van der Waals surface area (Å²) in [6.07, 6.45) is 1.83. The number of benzene rings is 2. The zero-order valence-electron chi connectivity index (χ0n) is 15.2. The molecule has 0 fully saturated rings. The first-order chi connectivity index (χ1) is 12.9. The van der Waals surface area contributed by atoms with Gasteiger partial charge in [-0.2, -0.15) is 0 Å². The number of carbonyl (C=O) groups is 1. The molecule has 0 radical (unpaired) electrons. The summed E-state index contributed by atoms with van der Waals surface area (Å²) in [5.74, 6) is -2.76. The fourth-order valence-electron chi connectivity index (χ4n) is 3.33. The molecule has 0 aliphatic heterocycles. The van der Waals surface area contributed by atoms with Gasteiger partial charge in [0, 0.05) is 25.7 Å². The van der Waals surface area contributed by atoms with E-state index in [1.807, 2.05) is 54.6 Å². The number of allylic oxidation sites excluding steroid dienone is 2. The lowest BCUT2D eigenvalue weighted by molar-refractivity contribution is -0.127. The molecule has 0 heterocycles. The summed E-state index contributed by atoms with van der Waals surface area (Å²) in [5, 5.41) is 10.2. The van der Waals surface area contributed by atoms with Gasteiger partial charge in [-0.05, 0) is 35.1 Å². The molecule has 1 aliphatic rings. The fourth-order valence-corrected chi connectivity index (χ4v) is 3.33. The van der Waals surface area contributed by atoms with E-state index in [9.17, 15) is 18.7 Å². The van der Waals surface area contributed by atoms with Gasteiger partial charge in [0.2, 0.25) is 0 Å². The van der Waals surface area contributed by atoms with E-state index in [1.54, 1.807) is 6.08 Å². The van der Waals surface area contributed by atoms with E-state index in [4.69, 9.17) is 0 Å². The minimum absolute atomic E-state index is 0.116. The number of Topliss-reactive ketones (excluding diaryl/α,β-unsaturated/α-hetero) is 1. The number of hydrogen-bond acceptors (Lipinski definition) is 2. The molecule has 2 nitrogen and oxygen atoms in total. The summed E-state index contributed by atoms with van der Waals surface area (Å²) in [7, 11) is 0. The van der Waals surface area contributed by atoms with E-state index in [2.05, 4.69) is 0 Å². The molecule has 4 heteroatoms. The van der Waals surface area contributed by atoms with Crippen LogP contribution in [0.3, 0.4) is 0 Å². The Hall–Kier alpha value is -2.33. The summed E-state index contributed by atoms with van der Waals surface area (Å²) in [4.78, 5) is 12.2. The van der Waals surface area contributed by atoms with Crippen molar-refractivity contribution in [1.29, 1.82) is 0 Å². The Labute approximate surface area is 158 Å². The second-order valence-electron chi connectivity index (χ2n) is 7.16. The molecule has 0 saturated heterocycles. The van der Waals surface area contributed by atoms with E-state index in [1.165, 1.54) is 0 Å². The van der Waals surface area contributed by atoms with Crippen LogP contribution in [0.4, 0.5) is 8.78 Å². The first-order valence-electron chi connectivity index (χ1n) is 9.34. The highest BCUT2D eigenvalue weighted by atomic mass is 19.3.